The molecule has 0 aliphatic heterocycles. The van der Waals surface area contributed by atoms with E-state index in [2.05, 4.69) is 0 Å². The summed E-state index contributed by atoms with van der Waals surface area (Å²) in [5, 5.41) is 9.49. The molecule has 2 aromatic carbocycles. The zero-order valence-electron chi connectivity index (χ0n) is 8.85. The van der Waals surface area contributed by atoms with Crippen LogP contribution in [-0.4, -0.2) is 0 Å². The third kappa shape index (κ3) is 2.94. The van der Waals surface area contributed by atoms with Crippen LogP contribution < -0.4 is 5.73 Å². The molecule has 0 aromatic heterocycles. The average molecular weight is 261 g/mol. The van der Waals surface area contributed by atoms with Crippen molar-refractivity contribution in [2.24, 2.45) is 0 Å². The highest BCUT2D eigenvalue weighted by atomic mass is 35.5. The van der Waals surface area contributed by atoms with Crippen LogP contribution in [0.15, 0.2) is 52.3 Å². The zero-order chi connectivity index (χ0) is 12.3. The Balaban J connectivity index is 2.25. The highest BCUT2D eigenvalue weighted by Crippen LogP contribution is 2.31. The second-order valence-corrected chi connectivity index (χ2v) is 5.00. The van der Waals surface area contributed by atoms with E-state index in [1.54, 1.807) is 23.9 Å². The largest absolute Gasteiger partial charge is 0.398 e. The van der Waals surface area contributed by atoms with E-state index in [9.17, 15) is 0 Å². The number of nitrogen functional groups attached to an aromatic ring is 1. The maximum atomic E-state index is 8.78. The summed E-state index contributed by atoms with van der Waals surface area (Å²) in [6.07, 6.45) is 0. The molecule has 0 heterocycles. The standard InChI is InChI=1S/C13H9ClN2S/c14-10-2-1-3-11(6-10)17-12-5-4-9(8-15)13(16)7-12/h1-7H,16H2. The molecule has 0 amide bonds. The van der Waals surface area contributed by atoms with Crippen LogP contribution in [0.25, 0.3) is 0 Å². The van der Waals surface area contributed by atoms with Gasteiger partial charge in [-0.05, 0) is 36.4 Å². The third-order valence-electron chi connectivity index (χ3n) is 2.18. The number of nitrogens with two attached hydrogens (primary N) is 1. The molecule has 17 heavy (non-hydrogen) atoms. The van der Waals surface area contributed by atoms with E-state index < -0.39 is 0 Å². The summed E-state index contributed by atoms with van der Waals surface area (Å²) in [4.78, 5) is 2.03. The first-order valence-corrected chi connectivity index (χ1v) is 6.11. The van der Waals surface area contributed by atoms with E-state index in [1.807, 2.05) is 36.4 Å². The van der Waals surface area contributed by atoms with Gasteiger partial charge in [0.1, 0.15) is 6.07 Å². The van der Waals surface area contributed by atoms with Crippen molar-refractivity contribution >= 4 is 29.1 Å². The molecule has 0 spiro atoms. The van der Waals surface area contributed by atoms with Crippen LogP contribution in [0.4, 0.5) is 5.69 Å². The topological polar surface area (TPSA) is 49.8 Å². The van der Waals surface area contributed by atoms with Gasteiger partial charge in [0, 0.05) is 14.8 Å². The quantitative estimate of drug-likeness (QED) is 0.832. The number of hydrogen-bond acceptors (Lipinski definition) is 3. The molecular weight excluding hydrogens is 252 g/mol. The van der Waals surface area contributed by atoms with Crippen LogP contribution in [0.2, 0.25) is 5.02 Å². The second kappa shape index (κ2) is 5.13. The molecule has 0 saturated heterocycles. The van der Waals surface area contributed by atoms with Crippen molar-refractivity contribution in [1.29, 1.82) is 5.26 Å². The molecule has 84 valence electrons. The van der Waals surface area contributed by atoms with Crippen molar-refractivity contribution in [1.82, 2.24) is 0 Å². The molecule has 0 unspecified atom stereocenters. The number of rotatable bonds is 2. The van der Waals surface area contributed by atoms with E-state index in [0.717, 1.165) is 9.79 Å². The van der Waals surface area contributed by atoms with E-state index in [-0.39, 0.29) is 0 Å². The molecule has 0 aliphatic carbocycles. The van der Waals surface area contributed by atoms with Crippen molar-refractivity contribution in [2.75, 3.05) is 5.73 Å². The maximum Gasteiger partial charge on any atom is 0.101 e. The molecule has 2 nitrogen and oxygen atoms in total. The van der Waals surface area contributed by atoms with Gasteiger partial charge in [0.05, 0.1) is 11.3 Å². The van der Waals surface area contributed by atoms with Gasteiger partial charge in [-0.2, -0.15) is 5.26 Å². The molecule has 0 atom stereocenters. The van der Waals surface area contributed by atoms with Gasteiger partial charge < -0.3 is 5.73 Å². The smallest absolute Gasteiger partial charge is 0.101 e. The van der Waals surface area contributed by atoms with Crippen LogP contribution in [-0.2, 0) is 0 Å². The van der Waals surface area contributed by atoms with Gasteiger partial charge in [-0.25, -0.2) is 0 Å². The van der Waals surface area contributed by atoms with Crippen LogP contribution >= 0.6 is 23.4 Å². The fraction of sp³-hybridized carbons (Fsp3) is 0. The van der Waals surface area contributed by atoms with Gasteiger partial charge >= 0.3 is 0 Å². The molecule has 0 bridgehead atoms. The Kier molecular flexibility index (Phi) is 3.58. The van der Waals surface area contributed by atoms with Crippen molar-refractivity contribution in [3.05, 3.63) is 53.1 Å². The van der Waals surface area contributed by atoms with Crippen molar-refractivity contribution in [3.63, 3.8) is 0 Å². The Morgan fingerprint density at radius 1 is 1.12 bits per heavy atom. The Morgan fingerprint density at radius 3 is 2.53 bits per heavy atom. The first-order chi connectivity index (χ1) is 8.19. The Bertz CT molecular complexity index is 590. The normalized spacial score (nSPS) is 9.88. The van der Waals surface area contributed by atoms with Gasteiger partial charge in [-0.1, -0.05) is 29.4 Å². The number of halogens is 1. The van der Waals surface area contributed by atoms with Crippen LogP contribution in [0, 0.1) is 11.3 Å². The second-order valence-electron chi connectivity index (χ2n) is 3.42. The number of benzene rings is 2. The number of hydrogen-bond donors (Lipinski definition) is 1. The van der Waals surface area contributed by atoms with Crippen LogP contribution in [0.5, 0.6) is 0 Å². The predicted molar refractivity (Wildman–Crippen MR) is 71.1 cm³/mol. The molecule has 0 aliphatic rings. The van der Waals surface area contributed by atoms with Crippen molar-refractivity contribution < 1.29 is 0 Å². The molecule has 2 N–H and O–H groups in total. The highest BCUT2D eigenvalue weighted by Gasteiger charge is 2.02. The number of nitrogens with zero attached hydrogens (tertiary/aromatic N) is 1. The van der Waals surface area contributed by atoms with E-state index in [0.29, 0.717) is 16.3 Å². The maximum absolute atomic E-state index is 8.78. The van der Waals surface area contributed by atoms with E-state index in [4.69, 9.17) is 22.6 Å². The lowest BCUT2D eigenvalue weighted by atomic mass is 10.2. The van der Waals surface area contributed by atoms with Crippen LogP contribution in [0.3, 0.4) is 0 Å². The van der Waals surface area contributed by atoms with Gasteiger partial charge in [-0.15, -0.1) is 0 Å². The lowest BCUT2D eigenvalue weighted by Crippen LogP contribution is -1.89. The summed E-state index contributed by atoms with van der Waals surface area (Å²) in [6, 6.07) is 15.0. The van der Waals surface area contributed by atoms with Crippen LogP contribution in [0.1, 0.15) is 5.56 Å². The molecule has 2 aromatic rings. The summed E-state index contributed by atoms with van der Waals surface area (Å²) in [5.41, 5.74) is 6.75. The monoisotopic (exact) mass is 260 g/mol. The fourth-order valence-electron chi connectivity index (χ4n) is 1.37. The summed E-state index contributed by atoms with van der Waals surface area (Å²) in [6.45, 7) is 0. The first kappa shape index (κ1) is 11.8. The van der Waals surface area contributed by atoms with E-state index in [1.165, 1.54) is 0 Å². The molecular formula is C13H9ClN2S. The molecule has 0 radical (unpaired) electrons. The first-order valence-electron chi connectivity index (χ1n) is 4.92. The molecule has 4 heteroatoms. The lowest BCUT2D eigenvalue weighted by Gasteiger charge is -2.04. The Labute approximate surface area is 109 Å². The minimum atomic E-state index is 0.500. The summed E-state index contributed by atoms with van der Waals surface area (Å²) >= 11 is 7.47. The molecule has 0 fully saturated rings. The van der Waals surface area contributed by atoms with Crippen molar-refractivity contribution in [2.45, 2.75) is 9.79 Å². The van der Waals surface area contributed by atoms with Gasteiger partial charge in [-0.3, -0.25) is 0 Å². The highest BCUT2D eigenvalue weighted by molar-refractivity contribution is 7.99. The SMILES string of the molecule is N#Cc1ccc(Sc2cccc(Cl)c2)cc1N. The Morgan fingerprint density at radius 2 is 1.88 bits per heavy atom. The number of anilines is 1. The molecule has 2 rings (SSSR count). The summed E-state index contributed by atoms with van der Waals surface area (Å²) < 4.78 is 0. The van der Waals surface area contributed by atoms with Gasteiger partial charge in [0.15, 0.2) is 0 Å². The van der Waals surface area contributed by atoms with E-state index >= 15 is 0 Å². The van der Waals surface area contributed by atoms with Gasteiger partial charge in [0.25, 0.3) is 0 Å². The third-order valence-corrected chi connectivity index (χ3v) is 3.39. The predicted octanol–water partition coefficient (Wildman–Crippen LogP) is 3.95. The zero-order valence-corrected chi connectivity index (χ0v) is 10.4. The van der Waals surface area contributed by atoms with Crippen molar-refractivity contribution in [3.8, 4) is 6.07 Å². The average Bonchev–Trinajstić information content (AvgIpc) is 2.29. The summed E-state index contributed by atoms with van der Waals surface area (Å²) in [7, 11) is 0. The number of nitriles is 1. The fourth-order valence-corrected chi connectivity index (χ4v) is 2.55. The Hall–Kier alpha value is -1.63. The summed E-state index contributed by atoms with van der Waals surface area (Å²) in [5.74, 6) is 0. The molecule has 0 saturated carbocycles. The minimum absolute atomic E-state index is 0.500. The lowest BCUT2D eigenvalue weighted by molar-refractivity contribution is 1.39. The minimum Gasteiger partial charge on any atom is -0.398 e. The van der Waals surface area contributed by atoms with Gasteiger partial charge in [0.2, 0.25) is 0 Å².